The van der Waals surface area contributed by atoms with Crippen LogP contribution in [0.3, 0.4) is 0 Å². The van der Waals surface area contributed by atoms with Crippen LogP contribution in [0.15, 0.2) is 42.5 Å². The highest BCUT2D eigenvalue weighted by atomic mass is 35.5. The molecule has 0 aliphatic carbocycles. The number of carbonyl (C=O) groups is 2. The molecule has 0 unspecified atom stereocenters. The van der Waals surface area contributed by atoms with Gasteiger partial charge in [-0.3, -0.25) is 9.59 Å². The van der Waals surface area contributed by atoms with Crippen LogP contribution in [-0.4, -0.2) is 34.0 Å². The number of amides is 2. The second-order valence-corrected chi connectivity index (χ2v) is 10.7. The molecule has 2 amide bonds. The van der Waals surface area contributed by atoms with E-state index < -0.39 is 6.04 Å². The smallest absolute Gasteiger partial charge is 0.243 e. The second-order valence-electron chi connectivity index (χ2n) is 9.27. The zero-order valence-electron chi connectivity index (χ0n) is 20.0. The van der Waals surface area contributed by atoms with E-state index in [9.17, 15) is 9.59 Å². The Hall–Kier alpha value is -1.98. The van der Waals surface area contributed by atoms with Gasteiger partial charge in [0.05, 0.1) is 5.75 Å². The summed E-state index contributed by atoms with van der Waals surface area (Å²) < 4.78 is 0. The third-order valence-corrected chi connectivity index (χ3v) is 6.32. The lowest BCUT2D eigenvalue weighted by atomic mass is 10.1. The van der Waals surface area contributed by atoms with Gasteiger partial charge in [0.2, 0.25) is 11.8 Å². The van der Waals surface area contributed by atoms with Crippen LogP contribution < -0.4 is 5.32 Å². The van der Waals surface area contributed by atoms with E-state index in [0.717, 1.165) is 11.3 Å². The predicted molar refractivity (Wildman–Crippen MR) is 136 cm³/mol. The number of halogens is 1. The first-order chi connectivity index (χ1) is 15.0. The minimum atomic E-state index is -0.556. The van der Waals surface area contributed by atoms with Crippen molar-refractivity contribution in [2.75, 3.05) is 5.75 Å². The van der Waals surface area contributed by atoms with E-state index in [-0.39, 0.29) is 17.4 Å². The first kappa shape index (κ1) is 26.3. The number of hydrogen-bond acceptors (Lipinski definition) is 3. The van der Waals surface area contributed by atoms with Crippen LogP contribution in [0.2, 0.25) is 5.02 Å². The number of rotatable bonds is 9. The van der Waals surface area contributed by atoms with Gasteiger partial charge in [0.15, 0.2) is 0 Å². The van der Waals surface area contributed by atoms with Gasteiger partial charge in [0.1, 0.15) is 6.04 Å². The maximum Gasteiger partial charge on any atom is 0.243 e. The third kappa shape index (κ3) is 8.18. The molecule has 174 valence electrons. The molecule has 0 fully saturated rings. The lowest BCUT2D eigenvalue weighted by Gasteiger charge is -2.33. The molecule has 32 heavy (non-hydrogen) atoms. The van der Waals surface area contributed by atoms with Gasteiger partial charge in [-0.05, 0) is 58.2 Å². The minimum absolute atomic E-state index is 0.0600. The summed E-state index contributed by atoms with van der Waals surface area (Å²) in [6.45, 7) is 12.2. The van der Waals surface area contributed by atoms with E-state index in [4.69, 9.17) is 11.6 Å². The summed E-state index contributed by atoms with van der Waals surface area (Å²) in [5.74, 6) is 0.852. The third-order valence-electron chi connectivity index (χ3n) is 4.96. The Kier molecular flexibility index (Phi) is 9.65. The van der Waals surface area contributed by atoms with Crippen molar-refractivity contribution < 1.29 is 9.59 Å². The van der Waals surface area contributed by atoms with Crippen LogP contribution in [0.5, 0.6) is 0 Å². The molecule has 0 heterocycles. The molecule has 2 aromatic rings. The van der Waals surface area contributed by atoms with Gasteiger partial charge < -0.3 is 10.2 Å². The van der Waals surface area contributed by atoms with Crippen molar-refractivity contribution in [3.63, 3.8) is 0 Å². The minimum Gasteiger partial charge on any atom is -0.350 e. The topological polar surface area (TPSA) is 49.4 Å². The summed E-state index contributed by atoms with van der Waals surface area (Å²) in [4.78, 5) is 28.0. The van der Waals surface area contributed by atoms with Crippen molar-refractivity contribution in [1.82, 2.24) is 10.2 Å². The standard InChI is InChI=1S/C26H35ClN2O2S/c1-7-23(25(31)28-26(4,5)6)29(15-21-10-8-9-11-22(21)27)24(30)17-32-16-20-13-18(2)12-19(3)14-20/h8-14,23H,7,15-17H2,1-6H3,(H,28,31)/t23-/m1/s1. The normalized spacial score (nSPS) is 12.3. The first-order valence-electron chi connectivity index (χ1n) is 11.0. The zero-order chi connectivity index (χ0) is 23.9. The maximum atomic E-state index is 13.3. The highest BCUT2D eigenvalue weighted by molar-refractivity contribution is 7.99. The molecule has 0 aromatic heterocycles. The molecule has 2 rings (SSSR count). The fourth-order valence-electron chi connectivity index (χ4n) is 3.67. The van der Waals surface area contributed by atoms with Crippen molar-refractivity contribution in [3.05, 3.63) is 69.7 Å². The molecule has 0 spiro atoms. The van der Waals surface area contributed by atoms with E-state index in [1.54, 1.807) is 16.7 Å². The molecule has 1 atom stereocenters. The average Bonchev–Trinajstić information content (AvgIpc) is 2.67. The summed E-state index contributed by atoms with van der Waals surface area (Å²) in [5, 5.41) is 3.62. The largest absolute Gasteiger partial charge is 0.350 e. The second kappa shape index (κ2) is 11.8. The lowest BCUT2D eigenvalue weighted by molar-refractivity contribution is -0.140. The van der Waals surface area contributed by atoms with E-state index >= 15 is 0 Å². The Balaban J connectivity index is 2.18. The van der Waals surface area contributed by atoms with Gasteiger partial charge >= 0.3 is 0 Å². The quantitative estimate of drug-likeness (QED) is 0.491. The Labute approximate surface area is 202 Å². The Morgan fingerprint density at radius 3 is 2.28 bits per heavy atom. The lowest BCUT2D eigenvalue weighted by Crippen LogP contribution is -2.53. The molecular formula is C26H35ClN2O2S. The summed E-state index contributed by atoms with van der Waals surface area (Å²) >= 11 is 7.95. The number of hydrogen-bond donors (Lipinski definition) is 1. The summed E-state index contributed by atoms with van der Waals surface area (Å²) in [6, 6.07) is 13.4. The summed E-state index contributed by atoms with van der Waals surface area (Å²) in [7, 11) is 0. The highest BCUT2D eigenvalue weighted by Crippen LogP contribution is 2.22. The highest BCUT2D eigenvalue weighted by Gasteiger charge is 2.30. The Morgan fingerprint density at radius 1 is 1.09 bits per heavy atom. The fraction of sp³-hybridized carbons (Fsp3) is 0.462. The number of nitrogens with zero attached hydrogens (tertiary/aromatic N) is 1. The molecular weight excluding hydrogens is 440 g/mol. The van der Waals surface area contributed by atoms with Crippen LogP contribution in [0.1, 0.15) is 56.4 Å². The van der Waals surface area contributed by atoms with E-state index in [2.05, 4.69) is 37.4 Å². The van der Waals surface area contributed by atoms with Gasteiger partial charge in [-0.15, -0.1) is 11.8 Å². The molecule has 6 heteroatoms. The Bertz CT molecular complexity index is 919. The zero-order valence-corrected chi connectivity index (χ0v) is 21.6. The monoisotopic (exact) mass is 474 g/mol. The van der Waals surface area contributed by atoms with Gasteiger partial charge in [0.25, 0.3) is 0 Å². The molecule has 0 saturated carbocycles. The van der Waals surface area contributed by atoms with E-state index in [1.807, 2.05) is 52.0 Å². The predicted octanol–water partition coefficient (Wildman–Crippen LogP) is 5.91. The number of benzene rings is 2. The molecule has 0 aliphatic rings. The van der Waals surface area contributed by atoms with Crippen molar-refractivity contribution in [3.8, 4) is 0 Å². The molecule has 2 aromatic carbocycles. The molecule has 0 saturated heterocycles. The fourth-order valence-corrected chi connectivity index (χ4v) is 4.71. The summed E-state index contributed by atoms with van der Waals surface area (Å²) in [5.41, 5.74) is 4.11. The van der Waals surface area contributed by atoms with Crippen molar-refractivity contribution in [2.45, 2.75) is 71.8 Å². The average molecular weight is 475 g/mol. The number of nitrogens with one attached hydrogen (secondary N) is 1. The van der Waals surface area contributed by atoms with Crippen LogP contribution in [0.25, 0.3) is 0 Å². The number of carbonyl (C=O) groups excluding carboxylic acids is 2. The SMILES string of the molecule is CC[C@H](C(=O)NC(C)(C)C)N(Cc1ccccc1Cl)C(=O)CSCc1cc(C)cc(C)c1. The number of thioether (sulfide) groups is 1. The van der Waals surface area contributed by atoms with Crippen molar-refractivity contribution in [1.29, 1.82) is 0 Å². The van der Waals surface area contributed by atoms with Crippen molar-refractivity contribution >= 4 is 35.2 Å². The maximum absolute atomic E-state index is 13.3. The molecule has 1 N–H and O–H groups in total. The molecule has 4 nitrogen and oxygen atoms in total. The molecule has 0 bridgehead atoms. The van der Waals surface area contributed by atoms with Gasteiger partial charge in [-0.2, -0.15) is 0 Å². The molecule has 0 aliphatic heterocycles. The van der Waals surface area contributed by atoms with Gasteiger partial charge in [0, 0.05) is 22.9 Å². The van der Waals surface area contributed by atoms with Crippen LogP contribution in [0, 0.1) is 13.8 Å². The Morgan fingerprint density at radius 2 is 1.72 bits per heavy atom. The van der Waals surface area contributed by atoms with E-state index in [1.165, 1.54) is 16.7 Å². The van der Waals surface area contributed by atoms with E-state index in [0.29, 0.717) is 23.7 Å². The molecule has 0 radical (unpaired) electrons. The van der Waals surface area contributed by atoms with Gasteiger partial charge in [-0.25, -0.2) is 0 Å². The van der Waals surface area contributed by atoms with Gasteiger partial charge in [-0.1, -0.05) is 66.0 Å². The van der Waals surface area contributed by atoms with Crippen LogP contribution in [-0.2, 0) is 21.9 Å². The van der Waals surface area contributed by atoms with Crippen LogP contribution >= 0.6 is 23.4 Å². The summed E-state index contributed by atoms with van der Waals surface area (Å²) in [6.07, 6.45) is 0.528. The first-order valence-corrected chi connectivity index (χ1v) is 12.5. The van der Waals surface area contributed by atoms with Crippen molar-refractivity contribution in [2.24, 2.45) is 0 Å². The number of aryl methyl sites for hydroxylation is 2. The van der Waals surface area contributed by atoms with Crippen LogP contribution in [0.4, 0.5) is 0 Å².